The summed E-state index contributed by atoms with van der Waals surface area (Å²) in [6.45, 7) is 6.98. The van der Waals surface area contributed by atoms with Crippen LogP contribution in [0.15, 0.2) is 71.5 Å². The van der Waals surface area contributed by atoms with Crippen molar-refractivity contribution in [3.05, 3.63) is 77.1 Å². The third kappa shape index (κ3) is 4.97. The highest BCUT2D eigenvalue weighted by atomic mass is 16.5. The first-order chi connectivity index (χ1) is 17.9. The molecule has 9 heteroatoms. The van der Waals surface area contributed by atoms with Crippen LogP contribution in [0.3, 0.4) is 0 Å². The van der Waals surface area contributed by atoms with Crippen molar-refractivity contribution < 1.29 is 4.74 Å². The van der Waals surface area contributed by atoms with Crippen molar-refractivity contribution >= 4 is 17.3 Å². The van der Waals surface area contributed by atoms with E-state index in [2.05, 4.69) is 27.0 Å². The third-order valence-electron chi connectivity index (χ3n) is 6.52. The summed E-state index contributed by atoms with van der Waals surface area (Å²) in [6, 6.07) is 21.0. The number of nitrogens with two attached hydrogens (primary N) is 1. The summed E-state index contributed by atoms with van der Waals surface area (Å²) >= 11 is 0. The Morgan fingerprint density at radius 1 is 0.838 bits per heavy atom. The SMILES string of the molecule is COc1ccc(N2CCN(c3nc(-c4ccc(=O)n(C(C)C)n4)c(-c4ccccc4)nc3N)CC2)cc1. The number of nitrogen functional groups attached to an aromatic ring is 1. The molecule has 0 spiro atoms. The van der Waals surface area contributed by atoms with Crippen molar-refractivity contribution in [1.29, 1.82) is 0 Å². The van der Waals surface area contributed by atoms with Gasteiger partial charge in [-0.05, 0) is 44.2 Å². The number of hydrogen-bond acceptors (Lipinski definition) is 8. The molecule has 5 rings (SSSR count). The number of ether oxygens (including phenoxy) is 1. The van der Waals surface area contributed by atoms with E-state index in [4.69, 9.17) is 20.4 Å². The summed E-state index contributed by atoms with van der Waals surface area (Å²) in [5.41, 5.74) is 10.2. The highest BCUT2D eigenvalue weighted by molar-refractivity contribution is 5.80. The number of benzene rings is 2. The Bertz CT molecular complexity index is 1430. The number of aromatic nitrogens is 4. The van der Waals surface area contributed by atoms with Crippen LogP contribution in [0, 0.1) is 0 Å². The number of methoxy groups -OCH3 is 1. The Kier molecular flexibility index (Phi) is 6.76. The fourth-order valence-electron chi connectivity index (χ4n) is 4.54. The van der Waals surface area contributed by atoms with Gasteiger partial charge in [-0.1, -0.05) is 30.3 Å². The Morgan fingerprint density at radius 3 is 2.16 bits per heavy atom. The number of rotatable bonds is 6. The van der Waals surface area contributed by atoms with Crippen molar-refractivity contribution in [3.8, 4) is 28.4 Å². The molecule has 1 aliphatic heterocycles. The largest absolute Gasteiger partial charge is 0.497 e. The van der Waals surface area contributed by atoms with E-state index in [1.165, 1.54) is 10.7 Å². The highest BCUT2D eigenvalue weighted by Gasteiger charge is 2.24. The molecule has 0 aliphatic carbocycles. The van der Waals surface area contributed by atoms with Crippen LogP contribution in [0.25, 0.3) is 22.6 Å². The van der Waals surface area contributed by atoms with Gasteiger partial charge in [0.05, 0.1) is 13.2 Å². The van der Waals surface area contributed by atoms with Crippen LogP contribution in [-0.4, -0.2) is 53.0 Å². The van der Waals surface area contributed by atoms with Crippen LogP contribution in [0.4, 0.5) is 17.3 Å². The average molecular weight is 498 g/mol. The lowest BCUT2D eigenvalue weighted by molar-refractivity contribution is 0.415. The van der Waals surface area contributed by atoms with Gasteiger partial charge in [-0.25, -0.2) is 14.6 Å². The standard InChI is InChI=1S/C28H31N7O2/c1-19(2)35-24(36)14-13-23(32-35)26-25(20-7-5-4-6-8-20)30-27(29)28(31-26)34-17-15-33(16-18-34)21-9-11-22(37-3)12-10-21/h4-14,19H,15-18H2,1-3H3,(H2,29,30). The molecule has 4 aromatic rings. The fraction of sp³-hybridized carbons (Fsp3) is 0.286. The minimum Gasteiger partial charge on any atom is -0.497 e. The monoisotopic (exact) mass is 497 g/mol. The quantitative estimate of drug-likeness (QED) is 0.428. The van der Waals surface area contributed by atoms with Crippen molar-refractivity contribution in [1.82, 2.24) is 19.7 Å². The third-order valence-corrected chi connectivity index (χ3v) is 6.52. The van der Waals surface area contributed by atoms with E-state index in [-0.39, 0.29) is 11.6 Å². The minimum atomic E-state index is -0.154. The minimum absolute atomic E-state index is 0.0835. The zero-order valence-electron chi connectivity index (χ0n) is 21.3. The maximum Gasteiger partial charge on any atom is 0.267 e. The van der Waals surface area contributed by atoms with E-state index in [9.17, 15) is 4.79 Å². The molecule has 2 N–H and O–H groups in total. The summed E-state index contributed by atoms with van der Waals surface area (Å²) in [5, 5.41) is 4.63. The molecule has 0 unspecified atom stereocenters. The van der Waals surface area contributed by atoms with Gasteiger partial charge in [0, 0.05) is 43.5 Å². The molecular weight excluding hydrogens is 466 g/mol. The molecule has 0 saturated carbocycles. The van der Waals surface area contributed by atoms with Crippen LogP contribution in [0.5, 0.6) is 5.75 Å². The average Bonchev–Trinajstić information content (AvgIpc) is 2.94. The fourth-order valence-corrected chi connectivity index (χ4v) is 4.54. The van der Waals surface area contributed by atoms with Crippen molar-refractivity contribution in [2.24, 2.45) is 0 Å². The van der Waals surface area contributed by atoms with E-state index in [1.54, 1.807) is 13.2 Å². The van der Waals surface area contributed by atoms with Crippen LogP contribution < -0.4 is 25.8 Å². The van der Waals surface area contributed by atoms with Gasteiger partial charge in [0.2, 0.25) is 0 Å². The van der Waals surface area contributed by atoms with Crippen molar-refractivity contribution in [3.63, 3.8) is 0 Å². The second kappa shape index (κ2) is 10.3. The molecule has 0 amide bonds. The first-order valence-electron chi connectivity index (χ1n) is 12.4. The van der Waals surface area contributed by atoms with E-state index in [0.29, 0.717) is 28.7 Å². The summed E-state index contributed by atoms with van der Waals surface area (Å²) in [7, 11) is 1.67. The number of anilines is 3. The van der Waals surface area contributed by atoms with Gasteiger partial charge in [-0.3, -0.25) is 4.79 Å². The van der Waals surface area contributed by atoms with Crippen LogP contribution in [0.1, 0.15) is 19.9 Å². The summed E-state index contributed by atoms with van der Waals surface area (Å²) in [4.78, 5) is 26.7. The molecule has 1 saturated heterocycles. The molecule has 9 nitrogen and oxygen atoms in total. The Balaban J connectivity index is 1.50. The molecule has 0 bridgehead atoms. The van der Waals surface area contributed by atoms with Gasteiger partial charge in [0.1, 0.15) is 22.8 Å². The Labute approximate surface area is 216 Å². The zero-order chi connectivity index (χ0) is 25.9. The van der Waals surface area contributed by atoms with Gasteiger partial charge >= 0.3 is 0 Å². The molecule has 2 aromatic heterocycles. The van der Waals surface area contributed by atoms with Crippen LogP contribution in [0.2, 0.25) is 0 Å². The molecule has 2 aromatic carbocycles. The number of nitrogens with zero attached hydrogens (tertiary/aromatic N) is 6. The lowest BCUT2D eigenvalue weighted by Gasteiger charge is -2.37. The smallest absolute Gasteiger partial charge is 0.267 e. The second-order valence-electron chi connectivity index (χ2n) is 9.26. The summed E-state index contributed by atoms with van der Waals surface area (Å²) in [5.74, 6) is 1.85. The van der Waals surface area contributed by atoms with E-state index < -0.39 is 0 Å². The normalized spacial score (nSPS) is 13.7. The van der Waals surface area contributed by atoms with E-state index in [1.807, 2.05) is 56.3 Å². The maximum atomic E-state index is 12.4. The Hall–Kier alpha value is -4.40. The Morgan fingerprint density at radius 2 is 1.51 bits per heavy atom. The maximum absolute atomic E-state index is 12.4. The molecule has 0 atom stereocenters. The molecular formula is C28H31N7O2. The van der Waals surface area contributed by atoms with Gasteiger partial charge in [0.15, 0.2) is 11.6 Å². The van der Waals surface area contributed by atoms with Crippen LogP contribution >= 0.6 is 0 Å². The van der Waals surface area contributed by atoms with Gasteiger partial charge in [-0.2, -0.15) is 5.10 Å². The van der Waals surface area contributed by atoms with Gasteiger partial charge in [-0.15, -0.1) is 0 Å². The summed E-state index contributed by atoms with van der Waals surface area (Å²) in [6.07, 6.45) is 0. The summed E-state index contributed by atoms with van der Waals surface area (Å²) < 4.78 is 6.75. The molecule has 0 radical (unpaired) electrons. The van der Waals surface area contributed by atoms with Gasteiger partial charge in [0.25, 0.3) is 5.56 Å². The molecule has 1 fully saturated rings. The molecule has 37 heavy (non-hydrogen) atoms. The first-order valence-corrected chi connectivity index (χ1v) is 12.4. The van der Waals surface area contributed by atoms with E-state index >= 15 is 0 Å². The van der Waals surface area contributed by atoms with Crippen molar-refractivity contribution in [2.75, 3.05) is 48.8 Å². The predicted octanol–water partition coefficient (Wildman–Crippen LogP) is 3.87. The topological polar surface area (TPSA) is 102 Å². The van der Waals surface area contributed by atoms with Crippen LogP contribution in [-0.2, 0) is 0 Å². The van der Waals surface area contributed by atoms with Crippen molar-refractivity contribution in [2.45, 2.75) is 19.9 Å². The molecule has 1 aliphatic rings. The lowest BCUT2D eigenvalue weighted by atomic mass is 10.1. The number of piperazine rings is 1. The number of hydrogen-bond donors (Lipinski definition) is 1. The van der Waals surface area contributed by atoms with Gasteiger partial charge < -0.3 is 20.3 Å². The zero-order valence-corrected chi connectivity index (χ0v) is 21.3. The van der Waals surface area contributed by atoms with E-state index in [0.717, 1.165) is 43.2 Å². The molecule has 3 heterocycles. The predicted molar refractivity (Wildman–Crippen MR) is 147 cm³/mol. The molecule has 190 valence electrons. The first kappa shape index (κ1) is 24.3. The lowest BCUT2D eigenvalue weighted by Crippen LogP contribution is -2.47. The highest BCUT2D eigenvalue weighted by Crippen LogP contribution is 2.33. The second-order valence-corrected chi connectivity index (χ2v) is 9.26.